The van der Waals surface area contributed by atoms with Gasteiger partial charge in [-0.05, 0) is 19.1 Å². The fourth-order valence-corrected chi connectivity index (χ4v) is 1.91. The molecule has 96 valence electrons. The van der Waals surface area contributed by atoms with Crippen LogP contribution in [-0.4, -0.2) is 27.2 Å². The van der Waals surface area contributed by atoms with Gasteiger partial charge >= 0.3 is 0 Å². The summed E-state index contributed by atoms with van der Waals surface area (Å²) in [5, 5.41) is 18.1. The van der Waals surface area contributed by atoms with Crippen molar-refractivity contribution >= 4 is 0 Å². The zero-order valence-electron chi connectivity index (χ0n) is 10.8. The Morgan fingerprint density at radius 1 is 1.44 bits per heavy atom. The Hall–Kier alpha value is -1.88. The van der Waals surface area contributed by atoms with Gasteiger partial charge in [0.05, 0.1) is 18.9 Å². The van der Waals surface area contributed by atoms with E-state index >= 15 is 0 Å². The number of nitrogens with zero attached hydrogens (tertiary/aromatic N) is 3. The third-order valence-corrected chi connectivity index (χ3v) is 2.80. The topological polar surface area (TPSA) is 60.2 Å². The Kier molecular flexibility index (Phi) is 3.62. The van der Waals surface area contributed by atoms with E-state index in [4.69, 9.17) is 4.74 Å². The maximum absolute atomic E-state index is 10.3. The van der Waals surface area contributed by atoms with Crippen molar-refractivity contribution in [3.63, 3.8) is 0 Å². The lowest BCUT2D eigenvalue weighted by molar-refractivity contribution is 0.172. The molecular weight excluding hydrogens is 230 g/mol. The molecule has 0 saturated carbocycles. The smallest absolute Gasteiger partial charge is 0.124 e. The number of methoxy groups -OCH3 is 1. The molecule has 0 spiro atoms. The van der Waals surface area contributed by atoms with Crippen LogP contribution < -0.4 is 4.74 Å². The first kappa shape index (κ1) is 12.6. The second kappa shape index (κ2) is 5.18. The quantitative estimate of drug-likeness (QED) is 0.887. The van der Waals surface area contributed by atoms with Crippen LogP contribution in [0.2, 0.25) is 0 Å². The Labute approximate surface area is 106 Å². The van der Waals surface area contributed by atoms with Crippen molar-refractivity contribution in [3.05, 3.63) is 41.2 Å². The van der Waals surface area contributed by atoms with E-state index in [1.54, 1.807) is 25.0 Å². The highest BCUT2D eigenvalue weighted by molar-refractivity contribution is 5.38. The number of hydrogen-bond acceptors (Lipinski definition) is 4. The van der Waals surface area contributed by atoms with Crippen molar-refractivity contribution in [3.8, 4) is 5.75 Å². The molecule has 0 bridgehead atoms. The molecule has 2 aromatic rings. The van der Waals surface area contributed by atoms with Crippen molar-refractivity contribution in [1.29, 1.82) is 0 Å². The second-order valence-electron chi connectivity index (χ2n) is 4.35. The lowest BCUT2D eigenvalue weighted by Gasteiger charge is -2.14. The summed E-state index contributed by atoms with van der Waals surface area (Å²) in [6, 6.07) is 5.75. The van der Waals surface area contributed by atoms with Gasteiger partial charge in [0.15, 0.2) is 0 Å². The third kappa shape index (κ3) is 2.68. The number of rotatable bonds is 4. The molecule has 0 amide bonds. The number of benzene rings is 1. The molecule has 1 N–H and O–H groups in total. The Bertz CT molecular complexity index is 537. The number of hydrogen-bond donors (Lipinski definition) is 1. The van der Waals surface area contributed by atoms with Crippen LogP contribution in [0.3, 0.4) is 0 Å². The third-order valence-electron chi connectivity index (χ3n) is 2.80. The van der Waals surface area contributed by atoms with Crippen molar-refractivity contribution in [2.75, 3.05) is 7.11 Å². The zero-order valence-corrected chi connectivity index (χ0v) is 10.8. The predicted molar refractivity (Wildman–Crippen MR) is 67.4 cm³/mol. The number of aryl methyl sites for hydroxylation is 2. The molecule has 1 aromatic carbocycles. The molecule has 18 heavy (non-hydrogen) atoms. The number of aromatic nitrogens is 3. The summed E-state index contributed by atoms with van der Waals surface area (Å²) >= 11 is 0. The van der Waals surface area contributed by atoms with Crippen LogP contribution in [0.25, 0.3) is 0 Å². The van der Waals surface area contributed by atoms with Crippen molar-refractivity contribution in [2.24, 2.45) is 7.05 Å². The highest BCUT2D eigenvalue weighted by Crippen LogP contribution is 2.28. The first-order valence-electron chi connectivity index (χ1n) is 5.78. The molecule has 2 rings (SSSR count). The molecule has 5 heteroatoms. The van der Waals surface area contributed by atoms with Gasteiger partial charge in [0.25, 0.3) is 0 Å². The summed E-state index contributed by atoms with van der Waals surface area (Å²) in [6.07, 6.45) is 1.58. The van der Waals surface area contributed by atoms with Crippen LogP contribution in [0.15, 0.2) is 24.4 Å². The van der Waals surface area contributed by atoms with E-state index in [9.17, 15) is 5.11 Å². The van der Waals surface area contributed by atoms with Crippen LogP contribution in [0.4, 0.5) is 0 Å². The van der Waals surface area contributed by atoms with E-state index < -0.39 is 6.10 Å². The van der Waals surface area contributed by atoms with Gasteiger partial charge in [-0.25, -0.2) is 0 Å². The lowest BCUT2D eigenvalue weighted by atomic mass is 10.0. The monoisotopic (exact) mass is 247 g/mol. The number of ether oxygens (including phenoxy) is 1. The molecule has 5 nitrogen and oxygen atoms in total. The van der Waals surface area contributed by atoms with E-state index in [2.05, 4.69) is 10.3 Å². The SMILES string of the molecule is COc1ccc(C)cc1C(O)Cc1cn(C)nn1. The molecule has 1 atom stereocenters. The molecule has 0 aliphatic carbocycles. The fraction of sp³-hybridized carbons (Fsp3) is 0.385. The summed E-state index contributed by atoms with van der Waals surface area (Å²) < 4.78 is 6.88. The van der Waals surface area contributed by atoms with Crippen molar-refractivity contribution in [1.82, 2.24) is 15.0 Å². The molecule has 1 heterocycles. The van der Waals surface area contributed by atoms with Crippen molar-refractivity contribution in [2.45, 2.75) is 19.4 Å². The van der Waals surface area contributed by atoms with Crippen LogP contribution in [0, 0.1) is 6.92 Å². The molecule has 0 fully saturated rings. The van der Waals surface area contributed by atoms with Gasteiger partial charge in [0.2, 0.25) is 0 Å². The Morgan fingerprint density at radius 3 is 2.83 bits per heavy atom. The highest BCUT2D eigenvalue weighted by atomic mass is 16.5. The molecule has 0 aliphatic heterocycles. The molecule has 0 radical (unpaired) electrons. The maximum Gasteiger partial charge on any atom is 0.124 e. The van der Waals surface area contributed by atoms with Crippen LogP contribution >= 0.6 is 0 Å². The first-order chi connectivity index (χ1) is 8.60. The molecule has 1 aromatic heterocycles. The zero-order chi connectivity index (χ0) is 13.1. The standard InChI is InChI=1S/C13H17N3O2/c1-9-4-5-13(18-3)11(6-9)12(17)7-10-8-16(2)15-14-10/h4-6,8,12,17H,7H2,1-3H3. The molecular formula is C13H17N3O2. The minimum Gasteiger partial charge on any atom is -0.496 e. The average Bonchev–Trinajstić information content (AvgIpc) is 2.74. The summed E-state index contributed by atoms with van der Waals surface area (Å²) in [4.78, 5) is 0. The Balaban J connectivity index is 2.22. The Morgan fingerprint density at radius 2 is 2.22 bits per heavy atom. The van der Waals surface area contributed by atoms with E-state index in [0.717, 1.165) is 16.8 Å². The first-order valence-corrected chi connectivity index (χ1v) is 5.78. The van der Waals surface area contributed by atoms with Gasteiger partial charge in [0, 0.05) is 25.2 Å². The minimum absolute atomic E-state index is 0.424. The van der Waals surface area contributed by atoms with Crippen LogP contribution in [0.1, 0.15) is 22.9 Å². The van der Waals surface area contributed by atoms with Gasteiger partial charge in [-0.3, -0.25) is 4.68 Å². The fourth-order valence-electron chi connectivity index (χ4n) is 1.91. The van der Waals surface area contributed by atoms with E-state index in [0.29, 0.717) is 12.2 Å². The van der Waals surface area contributed by atoms with Crippen LogP contribution in [0.5, 0.6) is 5.75 Å². The second-order valence-corrected chi connectivity index (χ2v) is 4.35. The van der Waals surface area contributed by atoms with Crippen molar-refractivity contribution < 1.29 is 9.84 Å². The predicted octanol–water partition coefficient (Wildman–Crippen LogP) is 1.41. The number of aliphatic hydroxyl groups excluding tert-OH is 1. The van der Waals surface area contributed by atoms with E-state index in [-0.39, 0.29) is 0 Å². The van der Waals surface area contributed by atoms with Gasteiger partial charge in [-0.1, -0.05) is 16.8 Å². The largest absolute Gasteiger partial charge is 0.496 e. The normalized spacial score (nSPS) is 12.4. The number of aliphatic hydroxyl groups is 1. The molecule has 0 aliphatic rings. The highest BCUT2D eigenvalue weighted by Gasteiger charge is 2.15. The lowest BCUT2D eigenvalue weighted by Crippen LogP contribution is -2.05. The summed E-state index contributed by atoms with van der Waals surface area (Å²) in [5.41, 5.74) is 2.63. The van der Waals surface area contributed by atoms with Crippen LogP contribution in [-0.2, 0) is 13.5 Å². The molecule has 1 unspecified atom stereocenters. The van der Waals surface area contributed by atoms with Gasteiger partial charge in [0.1, 0.15) is 5.75 Å². The van der Waals surface area contributed by atoms with E-state index in [1.165, 1.54) is 0 Å². The minimum atomic E-state index is -0.642. The maximum atomic E-state index is 10.3. The molecule has 0 saturated heterocycles. The van der Waals surface area contributed by atoms with Gasteiger partial charge < -0.3 is 9.84 Å². The van der Waals surface area contributed by atoms with Gasteiger partial charge in [-0.2, -0.15) is 0 Å². The van der Waals surface area contributed by atoms with E-state index in [1.807, 2.05) is 25.1 Å². The average molecular weight is 247 g/mol. The van der Waals surface area contributed by atoms with Gasteiger partial charge in [-0.15, -0.1) is 5.10 Å². The summed E-state index contributed by atoms with van der Waals surface area (Å²) in [5.74, 6) is 0.692. The summed E-state index contributed by atoms with van der Waals surface area (Å²) in [6.45, 7) is 1.98. The summed E-state index contributed by atoms with van der Waals surface area (Å²) in [7, 11) is 3.40.